The Hall–Kier alpha value is -2.17. The zero-order valence-electron chi connectivity index (χ0n) is 11.1. The van der Waals surface area contributed by atoms with Gasteiger partial charge in [-0.1, -0.05) is 18.2 Å². The normalized spacial score (nSPS) is 25.5. The maximum atomic E-state index is 12.0. The van der Waals surface area contributed by atoms with Crippen LogP contribution in [0.15, 0.2) is 28.2 Å². The van der Waals surface area contributed by atoms with Gasteiger partial charge in [0.1, 0.15) is 0 Å². The summed E-state index contributed by atoms with van der Waals surface area (Å²) in [6, 6.07) is 6.12. The second-order valence-electron chi connectivity index (χ2n) is 5.26. The summed E-state index contributed by atoms with van der Waals surface area (Å²) in [5.41, 5.74) is 8.58. The van der Waals surface area contributed by atoms with Gasteiger partial charge in [0.05, 0.1) is 18.5 Å². The highest BCUT2D eigenvalue weighted by atomic mass is 16.2. The quantitative estimate of drug-likeness (QED) is 0.814. The lowest BCUT2D eigenvalue weighted by Crippen LogP contribution is -2.47. The smallest absolute Gasteiger partial charge is 0.231 e. The summed E-state index contributed by atoms with van der Waals surface area (Å²) in [4.78, 5) is 22.1. The number of carbonyl (C=O) groups excluding carboxylic acids is 1. The molecule has 2 N–H and O–H groups in total. The average Bonchev–Trinajstić information content (AvgIpc) is 2.83. The molecule has 2 aliphatic rings. The van der Waals surface area contributed by atoms with Crippen molar-refractivity contribution in [2.75, 3.05) is 7.05 Å². The number of aliphatic imine (C=N–C) groups is 2. The highest BCUT2D eigenvalue weighted by Gasteiger charge is 2.36. The van der Waals surface area contributed by atoms with Crippen LogP contribution >= 0.6 is 0 Å². The molecular formula is C14H16N4O. The van der Waals surface area contributed by atoms with E-state index in [4.69, 9.17) is 5.73 Å². The molecule has 0 aliphatic carbocycles. The van der Waals surface area contributed by atoms with E-state index in [1.54, 1.807) is 7.05 Å². The van der Waals surface area contributed by atoms with Gasteiger partial charge < -0.3 is 5.73 Å². The lowest BCUT2D eigenvalue weighted by molar-refractivity contribution is -0.128. The fourth-order valence-electron chi connectivity index (χ4n) is 2.52. The fraction of sp³-hybridized carbons (Fsp3) is 0.357. The molecule has 2 aliphatic heterocycles. The highest BCUT2D eigenvalue weighted by molar-refractivity contribution is 5.98. The van der Waals surface area contributed by atoms with Crippen molar-refractivity contribution in [3.8, 4) is 0 Å². The number of guanidine groups is 1. The van der Waals surface area contributed by atoms with Crippen LogP contribution in [-0.4, -0.2) is 30.0 Å². The van der Waals surface area contributed by atoms with E-state index in [-0.39, 0.29) is 11.9 Å². The Labute approximate surface area is 111 Å². The van der Waals surface area contributed by atoms with E-state index in [0.29, 0.717) is 13.0 Å². The van der Waals surface area contributed by atoms with E-state index in [1.807, 2.05) is 25.3 Å². The van der Waals surface area contributed by atoms with E-state index in [0.717, 1.165) is 11.1 Å². The third-order valence-corrected chi connectivity index (χ3v) is 3.83. The third kappa shape index (κ3) is 1.82. The van der Waals surface area contributed by atoms with Crippen LogP contribution in [0.1, 0.15) is 30.0 Å². The van der Waals surface area contributed by atoms with Crippen LogP contribution in [0.5, 0.6) is 0 Å². The summed E-state index contributed by atoms with van der Waals surface area (Å²) >= 11 is 0. The molecule has 1 atom stereocenters. The fourth-order valence-corrected chi connectivity index (χ4v) is 2.52. The van der Waals surface area contributed by atoms with Crippen LogP contribution in [0, 0.1) is 0 Å². The average molecular weight is 256 g/mol. The molecule has 0 radical (unpaired) electrons. The SMILES string of the molecule is CN1C(=O)C[C@@](C)(c2ccc3c(c2)CN=C3)N=C1N. The lowest BCUT2D eigenvalue weighted by Gasteiger charge is -2.33. The van der Waals surface area contributed by atoms with E-state index in [2.05, 4.69) is 16.1 Å². The van der Waals surface area contributed by atoms with Gasteiger partial charge in [0.25, 0.3) is 0 Å². The first kappa shape index (κ1) is 11.9. The third-order valence-electron chi connectivity index (χ3n) is 3.83. The maximum Gasteiger partial charge on any atom is 0.231 e. The molecule has 0 unspecified atom stereocenters. The van der Waals surface area contributed by atoms with Crippen molar-refractivity contribution in [3.63, 3.8) is 0 Å². The number of hydrogen-bond acceptors (Lipinski definition) is 4. The van der Waals surface area contributed by atoms with Gasteiger partial charge in [-0.15, -0.1) is 0 Å². The van der Waals surface area contributed by atoms with Crippen molar-refractivity contribution in [3.05, 3.63) is 34.9 Å². The summed E-state index contributed by atoms with van der Waals surface area (Å²) in [6.45, 7) is 2.65. The van der Waals surface area contributed by atoms with Crippen molar-refractivity contribution < 1.29 is 4.79 Å². The van der Waals surface area contributed by atoms with Gasteiger partial charge in [-0.3, -0.25) is 14.7 Å². The number of hydrogen-bond donors (Lipinski definition) is 1. The van der Waals surface area contributed by atoms with Crippen LogP contribution < -0.4 is 5.73 Å². The first-order chi connectivity index (χ1) is 8.99. The van der Waals surface area contributed by atoms with Crippen molar-refractivity contribution in [1.82, 2.24) is 4.90 Å². The minimum Gasteiger partial charge on any atom is -0.369 e. The van der Waals surface area contributed by atoms with E-state index in [1.165, 1.54) is 10.5 Å². The van der Waals surface area contributed by atoms with Gasteiger partial charge in [-0.25, -0.2) is 4.99 Å². The van der Waals surface area contributed by atoms with Gasteiger partial charge >= 0.3 is 0 Å². The van der Waals surface area contributed by atoms with Crippen LogP contribution in [0.3, 0.4) is 0 Å². The van der Waals surface area contributed by atoms with Crippen LogP contribution in [0.2, 0.25) is 0 Å². The standard InChI is InChI=1S/C14H16N4O/c1-14(6-12(19)18(2)13(15)17-14)11-4-3-9-7-16-8-10(9)5-11/h3-5,7H,6,8H2,1-2H3,(H2,15,17)/t14-/m0/s1. The highest BCUT2D eigenvalue weighted by Crippen LogP contribution is 2.34. The Kier molecular flexibility index (Phi) is 2.45. The van der Waals surface area contributed by atoms with Gasteiger partial charge in [0.15, 0.2) is 5.96 Å². The minimum atomic E-state index is -0.578. The molecule has 0 spiro atoms. The zero-order chi connectivity index (χ0) is 13.6. The largest absolute Gasteiger partial charge is 0.369 e. The number of carbonyl (C=O) groups is 1. The minimum absolute atomic E-state index is 0.00764. The van der Waals surface area contributed by atoms with Crippen molar-refractivity contribution in [2.24, 2.45) is 15.7 Å². The molecule has 5 heteroatoms. The molecule has 0 fully saturated rings. The molecule has 0 aromatic heterocycles. The zero-order valence-corrected chi connectivity index (χ0v) is 11.1. The number of amides is 1. The Morgan fingerprint density at radius 2 is 2.21 bits per heavy atom. The summed E-state index contributed by atoms with van der Waals surface area (Å²) in [6.07, 6.45) is 2.21. The van der Waals surface area contributed by atoms with Crippen molar-refractivity contribution in [1.29, 1.82) is 0 Å². The van der Waals surface area contributed by atoms with Gasteiger partial charge in [0.2, 0.25) is 5.91 Å². The number of nitrogens with zero attached hydrogens (tertiary/aromatic N) is 3. The summed E-state index contributed by atoms with van der Waals surface area (Å²) in [7, 11) is 1.65. The Balaban J connectivity index is 2.04. The van der Waals surface area contributed by atoms with Crippen LogP contribution in [-0.2, 0) is 16.9 Å². The second-order valence-corrected chi connectivity index (χ2v) is 5.26. The van der Waals surface area contributed by atoms with E-state index < -0.39 is 5.54 Å². The summed E-state index contributed by atoms with van der Waals surface area (Å²) in [5.74, 6) is 0.266. The van der Waals surface area contributed by atoms with Crippen molar-refractivity contribution in [2.45, 2.75) is 25.4 Å². The first-order valence-corrected chi connectivity index (χ1v) is 6.25. The molecule has 1 aromatic rings. The molecule has 2 heterocycles. The van der Waals surface area contributed by atoms with Crippen LogP contribution in [0.25, 0.3) is 0 Å². The Morgan fingerprint density at radius 1 is 1.42 bits per heavy atom. The Morgan fingerprint density at radius 3 is 2.95 bits per heavy atom. The van der Waals surface area contributed by atoms with Gasteiger partial charge in [0, 0.05) is 13.3 Å². The van der Waals surface area contributed by atoms with Gasteiger partial charge in [-0.05, 0) is 23.6 Å². The summed E-state index contributed by atoms with van der Waals surface area (Å²) in [5, 5.41) is 0. The number of fused-ring (bicyclic) bond motifs is 1. The second kappa shape index (κ2) is 3.91. The summed E-state index contributed by atoms with van der Waals surface area (Å²) < 4.78 is 0. The Bertz CT molecular complexity index is 620. The van der Waals surface area contributed by atoms with Crippen LogP contribution in [0.4, 0.5) is 0 Å². The van der Waals surface area contributed by atoms with Gasteiger partial charge in [-0.2, -0.15) is 0 Å². The predicted octanol–water partition coefficient (Wildman–Crippen LogP) is 1.01. The molecule has 19 heavy (non-hydrogen) atoms. The first-order valence-electron chi connectivity index (χ1n) is 6.25. The molecule has 1 amide bonds. The topological polar surface area (TPSA) is 71.0 Å². The molecule has 98 valence electrons. The van der Waals surface area contributed by atoms with E-state index >= 15 is 0 Å². The van der Waals surface area contributed by atoms with Crippen molar-refractivity contribution >= 4 is 18.1 Å². The molecule has 1 aromatic carbocycles. The van der Waals surface area contributed by atoms with E-state index in [9.17, 15) is 4.79 Å². The molecule has 0 bridgehead atoms. The molecule has 5 nitrogen and oxygen atoms in total. The predicted molar refractivity (Wildman–Crippen MR) is 74.1 cm³/mol. The number of benzene rings is 1. The lowest BCUT2D eigenvalue weighted by atomic mass is 9.86. The monoisotopic (exact) mass is 256 g/mol. The molecular weight excluding hydrogens is 240 g/mol. The maximum absolute atomic E-state index is 12.0. The molecule has 0 saturated heterocycles. The molecule has 3 rings (SSSR count). The number of nitrogens with two attached hydrogens (primary N) is 1. The number of rotatable bonds is 1. The molecule has 0 saturated carbocycles.